The highest BCUT2D eigenvalue weighted by atomic mass is 16.7. The Morgan fingerprint density at radius 3 is 2.23 bits per heavy atom. The molecule has 6 aromatic carbocycles. The number of carbonyl (C=O) groups is 1. The highest BCUT2D eigenvalue weighted by molar-refractivity contribution is 5.89. The van der Waals surface area contributed by atoms with Crippen molar-refractivity contribution in [1.29, 1.82) is 0 Å². The summed E-state index contributed by atoms with van der Waals surface area (Å²) in [5.41, 5.74) is 8.32. The molecule has 11 nitrogen and oxygen atoms in total. The summed E-state index contributed by atoms with van der Waals surface area (Å²) in [6.45, 7) is 2.84. The van der Waals surface area contributed by atoms with Gasteiger partial charge in [0.25, 0.3) is 0 Å². The Labute approximate surface area is 354 Å². The maximum absolute atomic E-state index is 12.9. The molecule has 2 aliphatic heterocycles. The Kier molecular flexibility index (Phi) is 12.1. The number of aliphatic hydroxyl groups excluding tert-OH is 1. The molecule has 0 radical (unpaired) electrons. The van der Waals surface area contributed by atoms with Crippen LogP contribution in [0.3, 0.4) is 0 Å². The summed E-state index contributed by atoms with van der Waals surface area (Å²) >= 11 is 0. The quantitative estimate of drug-likeness (QED) is 0.0967. The Bertz CT molecular complexity index is 2600. The first-order valence-corrected chi connectivity index (χ1v) is 20.9. The molecule has 3 unspecified atom stereocenters. The Morgan fingerprint density at radius 1 is 0.738 bits per heavy atom. The second-order valence-corrected chi connectivity index (χ2v) is 15.8. The number of ether oxygens (including phenoxy) is 3. The van der Waals surface area contributed by atoms with Gasteiger partial charge in [-0.2, -0.15) is 0 Å². The van der Waals surface area contributed by atoms with Gasteiger partial charge < -0.3 is 39.8 Å². The van der Waals surface area contributed by atoms with Crippen LogP contribution >= 0.6 is 0 Å². The molecule has 9 rings (SSSR count). The lowest BCUT2D eigenvalue weighted by atomic mass is 9.98. The van der Waals surface area contributed by atoms with Gasteiger partial charge in [0.15, 0.2) is 6.29 Å². The number of aromatic amines is 1. The van der Waals surface area contributed by atoms with Crippen LogP contribution in [0.1, 0.15) is 60.0 Å². The van der Waals surface area contributed by atoms with E-state index in [1.54, 1.807) is 0 Å². The number of H-pyrrole nitrogens is 1. The van der Waals surface area contributed by atoms with Crippen molar-refractivity contribution in [2.24, 2.45) is 0 Å². The van der Waals surface area contributed by atoms with Crippen LogP contribution in [-0.2, 0) is 22.6 Å². The summed E-state index contributed by atoms with van der Waals surface area (Å²) < 4.78 is 21.2. The maximum atomic E-state index is 12.9. The lowest BCUT2D eigenvalue weighted by Gasteiger charge is -2.40. The average molecular weight is 816 g/mol. The van der Waals surface area contributed by atoms with E-state index in [0.29, 0.717) is 24.4 Å². The zero-order chi connectivity index (χ0) is 41.5. The van der Waals surface area contributed by atoms with E-state index in [2.05, 4.69) is 56.9 Å². The number of hydrogen-bond donors (Lipinski definition) is 4. The summed E-state index contributed by atoms with van der Waals surface area (Å²) in [5.74, 6) is 1.43. The van der Waals surface area contributed by atoms with Crippen molar-refractivity contribution < 1.29 is 24.1 Å². The van der Waals surface area contributed by atoms with Gasteiger partial charge in [0.2, 0.25) is 0 Å². The molecule has 3 atom stereocenters. The topological polar surface area (TPSA) is 130 Å². The zero-order valence-electron chi connectivity index (χ0n) is 33.8. The number of likely N-dealkylation sites (tertiary alicyclic amines) is 1. The Hall–Kier alpha value is -6.50. The average Bonchev–Trinajstić information content (AvgIpc) is 3.65. The minimum Gasteiger partial charge on any atom is -0.457 e. The number of para-hydroxylation sites is 3. The van der Waals surface area contributed by atoms with Gasteiger partial charge in [-0.15, -0.1) is 0 Å². The third-order valence-corrected chi connectivity index (χ3v) is 11.6. The van der Waals surface area contributed by atoms with Crippen molar-refractivity contribution >= 4 is 22.8 Å². The monoisotopic (exact) mass is 815 g/mol. The smallest absolute Gasteiger partial charge is 0.326 e. The van der Waals surface area contributed by atoms with Gasteiger partial charge in [0.05, 0.1) is 29.8 Å². The fraction of sp³-hybridized carbons (Fsp3) is 0.240. The molecule has 1 aromatic heterocycles. The molecule has 2 fully saturated rings. The molecule has 0 aliphatic carbocycles. The van der Waals surface area contributed by atoms with Crippen molar-refractivity contribution in [3.8, 4) is 22.6 Å². The van der Waals surface area contributed by atoms with Crippen LogP contribution in [0.5, 0.6) is 11.5 Å². The van der Waals surface area contributed by atoms with E-state index in [-0.39, 0.29) is 36.6 Å². The summed E-state index contributed by atoms with van der Waals surface area (Å²) in [6.07, 6.45) is 1.62. The highest BCUT2D eigenvalue weighted by Crippen LogP contribution is 2.39. The standard InChI is InChI=1S/C50H49N5O6/c56-33-34-13-15-37(16-14-34)47-30-44(32-54-27-25-41(26-28-54)55-46-12-5-4-11-45(46)53-50(55)58)60-48(61-47)38-19-17-36(18-20-38)39-8-6-7-35(29-39)31-51-49(57)52-40-21-23-43(24-22-40)59-42-9-2-1-3-10-42/h1-24,29,41,44,47-48,56H,25-28,30-33H2,(H,53,58)(H2,51,52,57). The van der Waals surface area contributed by atoms with Crippen molar-refractivity contribution in [3.05, 3.63) is 184 Å². The van der Waals surface area contributed by atoms with Crippen LogP contribution < -0.4 is 21.1 Å². The van der Waals surface area contributed by atoms with E-state index in [4.69, 9.17) is 14.2 Å². The molecule has 2 aliphatic rings. The molecule has 2 saturated heterocycles. The number of aliphatic hydroxyl groups is 1. The number of piperidine rings is 1. The van der Waals surface area contributed by atoms with Crippen LogP contribution in [0.2, 0.25) is 0 Å². The number of anilines is 1. The third-order valence-electron chi connectivity index (χ3n) is 11.6. The van der Waals surface area contributed by atoms with E-state index < -0.39 is 6.29 Å². The molecule has 7 aromatic rings. The van der Waals surface area contributed by atoms with E-state index in [0.717, 1.165) is 82.6 Å². The van der Waals surface area contributed by atoms with Crippen LogP contribution in [0.25, 0.3) is 22.2 Å². The number of aromatic nitrogens is 2. The second-order valence-electron chi connectivity index (χ2n) is 15.8. The molecule has 310 valence electrons. The van der Waals surface area contributed by atoms with E-state index >= 15 is 0 Å². The number of carbonyl (C=O) groups excluding carboxylic acids is 1. The van der Waals surface area contributed by atoms with Gasteiger partial charge in [0.1, 0.15) is 11.5 Å². The summed E-state index contributed by atoms with van der Waals surface area (Å²) in [6, 6.07) is 48.9. The van der Waals surface area contributed by atoms with Gasteiger partial charge in [-0.3, -0.25) is 4.57 Å². The van der Waals surface area contributed by atoms with Gasteiger partial charge in [-0.1, -0.05) is 97.1 Å². The molecule has 0 spiro atoms. The normalized spacial score (nSPS) is 18.5. The number of nitrogens with one attached hydrogen (secondary N) is 3. The predicted octanol–water partition coefficient (Wildman–Crippen LogP) is 9.49. The summed E-state index contributed by atoms with van der Waals surface area (Å²) in [7, 11) is 0. The minimum atomic E-state index is -0.570. The largest absolute Gasteiger partial charge is 0.457 e. The van der Waals surface area contributed by atoms with Crippen LogP contribution in [-0.4, -0.2) is 51.3 Å². The third kappa shape index (κ3) is 9.61. The van der Waals surface area contributed by atoms with Gasteiger partial charge in [-0.25, -0.2) is 9.59 Å². The summed E-state index contributed by atoms with van der Waals surface area (Å²) in [5, 5.41) is 15.5. The number of amides is 2. The number of benzene rings is 6. The lowest BCUT2D eigenvalue weighted by Crippen LogP contribution is -2.43. The molecular formula is C50H49N5O6. The first-order valence-electron chi connectivity index (χ1n) is 20.9. The highest BCUT2D eigenvalue weighted by Gasteiger charge is 2.34. The molecular weight excluding hydrogens is 767 g/mol. The van der Waals surface area contributed by atoms with E-state index in [1.807, 2.05) is 120 Å². The number of nitrogens with zero attached hydrogens (tertiary/aromatic N) is 2. The van der Waals surface area contributed by atoms with Gasteiger partial charge in [0, 0.05) is 49.9 Å². The lowest BCUT2D eigenvalue weighted by molar-refractivity contribution is -0.253. The van der Waals surface area contributed by atoms with E-state index in [1.165, 1.54) is 0 Å². The predicted molar refractivity (Wildman–Crippen MR) is 236 cm³/mol. The fourth-order valence-electron chi connectivity index (χ4n) is 8.40. The minimum absolute atomic E-state index is 0.0104. The van der Waals surface area contributed by atoms with Crippen LogP contribution in [0.4, 0.5) is 10.5 Å². The summed E-state index contributed by atoms with van der Waals surface area (Å²) in [4.78, 5) is 31.2. The van der Waals surface area contributed by atoms with Gasteiger partial charge >= 0.3 is 11.7 Å². The molecule has 3 heterocycles. The zero-order valence-corrected chi connectivity index (χ0v) is 33.8. The van der Waals surface area contributed by atoms with Crippen molar-refractivity contribution in [2.45, 2.75) is 57.0 Å². The fourth-order valence-corrected chi connectivity index (χ4v) is 8.40. The van der Waals surface area contributed by atoms with Crippen molar-refractivity contribution in [2.75, 3.05) is 25.0 Å². The SMILES string of the molecule is O=C(NCc1cccc(-c2ccc(C3OC(CN4CCC(n5c(=O)[nH]c6ccccc65)CC4)CC(c4ccc(CO)cc4)O3)cc2)c1)Nc1ccc(Oc2ccccc2)cc1. The maximum Gasteiger partial charge on any atom is 0.326 e. The number of hydrogen-bond acceptors (Lipinski definition) is 7. The first-order chi connectivity index (χ1) is 29.9. The second kappa shape index (κ2) is 18.4. The molecule has 4 N–H and O–H groups in total. The number of rotatable bonds is 12. The van der Waals surface area contributed by atoms with Crippen molar-refractivity contribution in [3.63, 3.8) is 0 Å². The van der Waals surface area contributed by atoms with Crippen LogP contribution in [0, 0.1) is 0 Å². The van der Waals surface area contributed by atoms with Gasteiger partial charge in [-0.05, 0) is 95.3 Å². The molecule has 11 heteroatoms. The first kappa shape index (κ1) is 39.9. The number of urea groups is 1. The Balaban J connectivity index is 0.827. The Morgan fingerprint density at radius 2 is 1.46 bits per heavy atom. The van der Waals surface area contributed by atoms with Crippen LogP contribution in [0.15, 0.2) is 156 Å². The number of imidazole rings is 1. The molecule has 2 amide bonds. The molecule has 0 saturated carbocycles. The number of fused-ring (bicyclic) bond motifs is 1. The molecule has 0 bridgehead atoms. The van der Waals surface area contributed by atoms with Crippen molar-refractivity contribution in [1.82, 2.24) is 19.8 Å². The van der Waals surface area contributed by atoms with E-state index in [9.17, 15) is 14.7 Å². The molecule has 61 heavy (non-hydrogen) atoms.